The second-order valence-electron chi connectivity index (χ2n) is 3.06. The number of allylic oxidation sites excluding steroid dienone is 4. The van der Waals surface area contributed by atoms with Gasteiger partial charge in [-0.1, -0.05) is 6.92 Å². The summed E-state index contributed by atoms with van der Waals surface area (Å²) in [6.07, 6.45) is 0.848. The first-order valence-corrected chi connectivity index (χ1v) is 3.89. The fraction of sp³-hybridized carbons (Fsp3) is 0.556. The molecule has 0 aromatic heterocycles. The fourth-order valence-electron chi connectivity index (χ4n) is 1.05. The largest absolute Gasteiger partial charge is 0.239 e. The average Bonchev–Trinajstić information content (AvgIpc) is 2.00. The maximum atomic E-state index is 13.1. The molecule has 0 radical (unpaired) electrons. The van der Waals surface area contributed by atoms with Gasteiger partial charge in [-0.05, 0) is 31.1 Å². The first kappa shape index (κ1) is 9.36. The summed E-state index contributed by atoms with van der Waals surface area (Å²) in [5, 5.41) is 0. The maximum absolute atomic E-state index is 13.1. The van der Waals surface area contributed by atoms with Crippen molar-refractivity contribution in [2.24, 2.45) is 0 Å². The molecule has 1 aliphatic rings. The summed E-state index contributed by atoms with van der Waals surface area (Å²) >= 11 is 0. The summed E-state index contributed by atoms with van der Waals surface area (Å²) in [6.45, 7) is 2.68. The van der Waals surface area contributed by atoms with E-state index in [9.17, 15) is 13.2 Å². The first-order valence-electron chi connectivity index (χ1n) is 3.89. The van der Waals surface area contributed by atoms with Gasteiger partial charge in [-0.3, -0.25) is 0 Å². The zero-order valence-corrected chi connectivity index (χ0v) is 7.07. The van der Waals surface area contributed by atoms with Gasteiger partial charge in [-0.15, -0.1) is 0 Å². The van der Waals surface area contributed by atoms with Crippen molar-refractivity contribution >= 4 is 0 Å². The van der Waals surface area contributed by atoms with Crippen LogP contribution in [0.1, 0.15) is 20.3 Å². The average molecular weight is 176 g/mol. The lowest BCUT2D eigenvalue weighted by Crippen LogP contribution is -2.33. The third-order valence-corrected chi connectivity index (χ3v) is 2.07. The number of hydrogen-bond donors (Lipinski definition) is 0. The zero-order chi connectivity index (χ0) is 9.35. The van der Waals surface area contributed by atoms with Gasteiger partial charge in [0.05, 0.1) is 0 Å². The molecule has 0 aromatic rings. The van der Waals surface area contributed by atoms with Gasteiger partial charge in [-0.25, -0.2) is 13.2 Å². The van der Waals surface area contributed by atoms with Crippen LogP contribution in [0.2, 0.25) is 0 Å². The van der Waals surface area contributed by atoms with Gasteiger partial charge >= 0.3 is 0 Å². The smallest absolute Gasteiger partial charge is 0.193 e. The van der Waals surface area contributed by atoms with Crippen molar-refractivity contribution in [3.8, 4) is 0 Å². The molecule has 0 heterocycles. The van der Waals surface area contributed by atoms with Gasteiger partial charge in [0.2, 0.25) is 0 Å². The van der Waals surface area contributed by atoms with Crippen LogP contribution in [0, 0.1) is 0 Å². The van der Waals surface area contributed by atoms with E-state index in [1.165, 1.54) is 0 Å². The van der Waals surface area contributed by atoms with Crippen molar-refractivity contribution in [3.63, 3.8) is 0 Å². The van der Waals surface area contributed by atoms with E-state index in [4.69, 9.17) is 0 Å². The quantitative estimate of drug-likeness (QED) is 0.575. The van der Waals surface area contributed by atoms with E-state index in [0.29, 0.717) is 12.0 Å². The lowest BCUT2D eigenvalue weighted by molar-refractivity contribution is 0.105. The van der Waals surface area contributed by atoms with Crippen molar-refractivity contribution in [3.05, 3.63) is 23.6 Å². The topological polar surface area (TPSA) is 0 Å². The summed E-state index contributed by atoms with van der Waals surface area (Å²) in [4.78, 5) is 0. The SMILES string of the molecule is CCC1=CC(F)C(C)(F)C(F)=C1. The Morgan fingerprint density at radius 2 is 2.17 bits per heavy atom. The molecule has 0 saturated heterocycles. The molecule has 2 atom stereocenters. The molecule has 2 unspecified atom stereocenters. The van der Waals surface area contributed by atoms with E-state index >= 15 is 0 Å². The van der Waals surface area contributed by atoms with Gasteiger partial charge in [0.1, 0.15) is 5.83 Å². The van der Waals surface area contributed by atoms with Gasteiger partial charge in [-0.2, -0.15) is 0 Å². The predicted molar refractivity (Wildman–Crippen MR) is 42.0 cm³/mol. The third kappa shape index (κ3) is 1.40. The van der Waals surface area contributed by atoms with Crippen LogP contribution in [-0.4, -0.2) is 11.8 Å². The molecule has 1 rings (SSSR count). The minimum Gasteiger partial charge on any atom is -0.239 e. The van der Waals surface area contributed by atoms with Crippen LogP contribution in [0.25, 0.3) is 0 Å². The van der Waals surface area contributed by atoms with Crippen LogP contribution in [0.3, 0.4) is 0 Å². The molecule has 0 fully saturated rings. The standard InChI is InChI=1S/C9H11F3/c1-3-6-4-7(10)9(2,12)8(11)5-6/h4-5,7H,3H2,1-2H3. The van der Waals surface area contributed by atoms with Crippen LogP contribution in [0.5, 0.6) is 0 Å². The van der Waals surface area contributed by atoms with Gasteiger partial charge in [0, 0.05) is 0 Å². The van der Waals surface area contributed by atoms with Gasteiger partial charge in [0.15, 0.2) is 11.8 Å². The molecule has 0 saturated carbocycles. The highest BCUT2D eigenvalue weighted by molar-refractivity contribution is 5.33. The Labute approximate surface area is 69.8 Å². The lowest BCUT2D eigenvalue weighted by Gasteiger charge is -2.24. The third-order valence-electron chi connectivity index (χ3n) is 2.07. The minimum atomic E-state index is -2.47. The Balaban J connectivity index is 2.97. The van der Waals surface area contributed by atoms with Crippen molar-refractivity contribution in [1.82, 2.24) is 0 Å². The molecule has 1 aliphatic carbocycles. The fourth-order valence-corrected chi connectivity index (χ4v) is 1.05. The molecule has 0 N–H and O–H groups in total. The molecule has 12 heavy (non-hydrogen) atoms. The Hall–Kier alpha value is -0.730. The van der Waals surface area contributed by atoms with Crippen LogP contribution in [0.15, 0.2) is 23.6 Å². The lowest BCUT2D eigenvalue weighted by atomic mass is 9.91. The molecule has 0 amide bonds. The van der Waals surface area contributed by atoms with Crippen LogP contribution in [0.4, 0.5) is 13.2 Å². The monoisotopic (exact) mass is 176 g/mol. The van der Waals surface area contributed by atoms with Crippen LogP contribution in [-0.2, 0) is 0 Å². The molecular weight excluding hydrogens is 165 g/mol. The highest BCUT2D eigenvalue weighted by Gasteiger charge is 2.40. The molecule has 0 nitrogen and oxygen atoms in total. The van der Waals surface area contributed by atoms with E-state index in [1.807, 2.05) is 0 Å². The van der Waals surface area contributed by atoms with E-state index in [2.05, 4.69) is 0 Å². The normalized spacial score (nSPS) is 35.9. The second-order valence-corrected chi connectivity index (χ2v) is 3.06. The Morgan fingerprint density at radius 3 is 2.58 bits per heavy atom. The van der Waals surface area contributed by atoms with Gasteiger partial charge in [0.25, 0.3) is 0 Å². The number of rotatable bonds is 1. The summed E-state index contributed by atoms with van der Waals surface area (Å²) < 4.78 is 38.9. The van der Waals surface area contributed by atoms with Crippen molar-refractivity contribution < 1.29 is 13.2 Å². The molecule has 0 bridgehead atoms. The zero-order valence-electron chi connectivity index (χ0n) is 7.07. The van der Waals surface area contributed by atoms with Crippen molar-refractivity contribution in [1.29, 1.82) is 0 Å². The number of halogens is 3. The Bertz CT molecular complexity index is 238. The summed E-state index contributed by atoms with van der Waals surface area (Å²) in [7, 11) is 0. The minimum absolute atomic E-state index is 0.509. The van der Waals surface area contributed by atoms with E-state index in [0.717, 1.165) is 19.1 Å². The summed E-state index contributed by atoms with van der Waals surface area (Å²) in [6, 6.07) is 0. The Morgan fingerprint density at radius 1 is 1.58 bits per heavy atom. The molecule has 3 heteroatoms. The summed E-state index contributed by atoms with van der Waals surface area (Å²) in [5.74, 6) is -1.02. The predicted octanol–water partition coefficient (Wildman–Crippen LogP) is 3.26. The van der Waals surface area contributed by atoms with Crippen molar-refractivity contribution in [2.45, 2.75) is 32.1 Å². The molecule has 0 aliphatic heterocycles. The molecule has 68 valence electrons. The highest BCUT2D eigenvalue weighted by Crippen LogP contribution is 2.35. The maximum Gasteiger partial charge on any atom is 0.193 e. The van der Waals surface area contributed by atoms with E-state index < -0.39 is 17.7 Å². The van der Waals surface area contributed by atoms with Crippen LogP contribution >= 0.6 is 0 Å². The first-order chi connectivity index (χ1) is 5.48. The summed E-state index contributed by atoms with van der Waals surface area (Å²) in [5.41, 5.74) is -1.96. The number of alkyl halides is 2. The highest BCUT2D eigenvalue weighted by atomic mass is 19.2. The van der Waals surface area contributed by atoms with Gasteiger partial charge < -0.3 is 0 Å². The Kier molecular flexibility index (Phi) is 2.31. The molecular formula is C9H11F3. The van der Waals surface area contributed by atoms with Crippen LogP contribution < -0.4 is 0 Å². The second kappa shape index (κ2) is 2.96. The molecule has 0 aromatic carbocycles. The van der Waals surface area contributed by atoms with E-state index in [1.54, 1.807) is 6.92 Å². The van der Waals surface area contributed by atoms with E-state index in [-0.39, 0.29) is 0 Å². The molecule has 0 spiro atoms. The number of hydrogen-bond acceptors (Lipinski definition) is 0. The van der Waals surface area contributed by atoms with Crippen molar-refractivity contribution in [2.75, 3.05) is 0 Å².